The van der Waals surface area contributed by atoms with Crippen molar-refractivity contribution in [3.05, 3.63) is 104 Å². The van der Waals surface area contributed by atoms with Crippen LogP contribution in [0.3, 0.4) is 0 Å². The number of amides is 3. The molecule has 4 aromatic rings. The summed E-state index contributed by atoms with van der Waals surface area (Å²) in [7, 11) is 0. The number of aromatic nitrogens is 1. The maximum absolute atomic E-state index is 13.1. The highest BCUT2D eigenvalue weighted by Crippen LogP contribution is 2.33. The highest BCUT2D eigenvalue weighted by molar-refractivity contribution is 7.14. The second-order valence-electron chi connectivity index (χ2n) is 8.59. The van der Waals surface area contributed by atoms with Crippen molar-refractivity contribution in [3.8, 4) is 11.3 Å². The van der Waals surface area contributed by atoms with Crippen LogP contribution in [0.2, 0.25) is 5.02 Å². The normalized spacial score (nSPS) is 13.2. The minimum absolute atomic E-state index is 0.0452. The summed E-state index contributed by atoms with van der Waals surface area (Å²) < 4.78 is 0. The predicted octanol–water partition coefficient (Wildman–Crippen LogP) is 6.15. The Balaban J connectivity index is 1.30. The largest absolute Gasteiger partial charge is 0.733 e. The van der Waals surface area contributed by atoms with E-state index in [0.29, 0.717) is 27.1 Å². The molecule has 2 heterocycles. The van der Waals surface area contributed by atoms with Crippen molar-refractivity contribution >= 4 is 74.5 Å². The van der Waals surface area contributed by atoms with Crippen molar-refractivity contribution in [1.29, 1.82) is 0 Å². The molecule has 0 fully saturated rings. The van der Waals surface area contributed by atoms with Crippen LogP contribution in [-0.4, -0.2) is 27.9 Å². The van der Waals surface area contributed by atoms with E-state index in [1.165, 1.54) is 35.6 Å². The number of nitrogens with zero attached hydrogens (tertiary/aromatic N) is 3. The Bertz CT molecular complexity index is 1700. The molecule has 0 saturated heterocycles. The SMILES string of the molecule is Cc1ccc(N2C(=O)C(Cl)=C(Nc3cccc(C(=O)Nc4nc(-c5cccc(N([O-])O)c5)cs4)c3)C2=O)cc1Cl. The molecule has 0 radical (unpaired) electrons. The lowest BCUT2D eigenvalue weighted by molar-refractivity contribution is -0.120. The van der Waals surface area contributed by atoms with Gasteiger partial charge in [0.25, 0.3) is 17.7 Å². The van der Waals surface area contributed by atoms with E-state index in [1.807, 2.05) is 0 Å². The van der Waals surface area contributed by atoms with Gasteiger partial charge in [-0.1, -0.05) is 47.5 Å². The van der Waals surface area contributed by atoms with Crippen LogP contribution in [0.1, 0.15) is 15.9 Å². The number of hydrogen-bond donors (Lipinski definition) is 3. The molecule has 0 atom stereocenters. The average Bonchev–Trinajstić information content (AvgIpc) is 3.49. The smallest absolute Gasteiger partial charge is 0.283 e. The van der Waals surface area contributed by atoms with E-state index in [9.17, 15) is 19.6 Å². The number of rotatable bonds is 7. The molecule has 3 N–H and O–H groups in total. The van der Waals surface area contributed by atoms with E-state index < -0.39 is 17.7 Å². The topological polar surface area (TPSA) is 138 Å². The van der Waals surface area contributed by atoms with Gasteiger partial charge < -0.3 is 15.8 Å². The summed E-state index contributed by atoms with van der Waals surface area (Å²) in [5.41, 5.74) is 2.68. The standard InChI is InChI=1S/C27H18Cl2N5O5S/c1-14-8-9-18(12-20(14)28)33-25(36)22(29)23(26(33)37)30-17-6-2-5-16(10-17)24(35)32-27-31-21(13-40-27)15-4-3-7-19(11-15)34(38)39/h2-13,30,38H,1H3,(H,31,32,35)/q-1. The fourth-order valence-electron chi connectivity index (χ4n) is 3.87. The number of anilines is 4. The molecule has 0 saturated carbocycles. The lowest BCUT2D eigenvalue weighted by Gasteiger charge is -2.21. The molecule has 0 spiro atoms. The summed E-state index contributed by atoms with van der Waals surface area (Å²) in [4.78, 5) is 44.1. The van der Waals surface area contributed by atoms with Gasteiger partial charge in [0.05, 0.1) is 17.1 Å². The maximum atomic E-state index is 13.1. The first-order valence-electron chi connectivity index (χ1n) is 11.6. The maximum Gasteiger partial charge on any atom is 0.283 e. The van der Waals surface area contributed by atoms with Gasteiger partial charge in [-0.15, -0.1) is 11.3 Å². The van der Waals surface area contributed by atoms with Crippen LogP contribution >= 0.6 is 34.5 Å². The van der Waals surface area contributed by atoms with E-state index in [2.05, 4.69) is 15.6 Å². The number of nitrogens with one attached hydrogen (secondary N) is 2. The molecule has 0 unspecified atom stereocenters. The zero-order valence-electron chi connectivity index (χ0n) is 20.5. The Kier molecular flexibility index (Phi) is 7.57. The summed E-state index contributed by atoms with van der Waals surface area (Å²) in [5.74, 6) is -1.83. The Hall–Kier alpha value is -4.26. The molecule has 3 amide bonds. The van der Waals surface area contributed by atoms with E-state index in [-0.39, 0.29) is 32.9 Å². The Labute approximate surface area is 241 Å². The number of aryl methyl sites for hydroxylation is 1. The van der Waals surface area contributed by atoms with Gasteiger partial charge in [0.1, 0.15) is 10.7 Å². The molecule has 1 aromatic heterocycles. The second-order valence-corrected chi connectivity index (χ2v) is 10.2. The molecule has 5 rings (SSSR count). The van der Waals surface area contributed by atoms with Crippen LogP contribution in [0.4, 0.5) is 22.2 Å². The van der Waals surface area contributed by atoms with Crippen LogP contribution in [0, 0.1) is 12.1 Å². The van der Waals surface area contributed by atoms with Crippen LogP contribution < -0.4 is 20.8 Å². The third kappa shape index (κ3) is 5.41. The van der Waals surface area contributed by atoms with Crippen molar-refractivity contribution in [1.82, 2.24) is 4.98 Å². The first-order valence-corrected chi connectivity index (χ1v) is 13.2. The summed E-state index contributed by atoms with van der Waals surface area (Å²) >= 11 is 13.6. The van der Waals surface area contributed by atoms with Gasteiger partial charge in [-0.3, -0.25) is 24.9 Å². The third-order valence-electron chi connectivity index (χ3n) is 5.92. The molecular formula is C27H18Cl2N5O5S-. The number of benzene rings is 3. The van der Waals surface area contributed by atoms with Crippen molar-refractivity contribution in [2.45, 2.75) is 6.92 Å². The van der Waals surface area contributed by atoms with Gasteiger partial charge in [0.2, 0.25) is 0 Å². The van der Waals surface area contributed by atoms with Crippen molar-refractivity contribution in [3.63, 3.8) is 0 Å². The first kappa shape index (κ1) is 27.3. The predicted molar refractivity (Wildman–Crippen MR) is 155 cm³/mol. The first-order chi connectivity index (χ1) is 19.1. The van der Waals surface area contributed by atoms with Crippen molar-refractivity contribution in [2.24, 2.45) is 0 Å². The molecule has 13 heteroatoms. The van der Waals surface area contributed by atoms with Gasteiger partial charge >= 0.3 is 0 Å². The van der Waals surface area contributed by atoms with Crippen molar-refractivity contribution in [2.75, 3.05) is 20.8 Å². The van der Waals surface area contributed by atoms with E-state index >= 15 is 0 Å². The van der Waals surface area contributed by atoms with Gasteiger partial charge in [0.15, 0.2) is 5.13 Å². The van der Waals surface area contributed by atoms with Crippen molar-refractivity contribution < 1.29 is 19.6 Å². The zero-order valence-corrected chi connectivity index (χ0v) is 22.8. The summed E-state index contributed by atoms with van der Waals surface area (Å²) in [6.07, 6.45) is 0. The van der Waals surface area contributed by atoms with Gasteiger partial charge in [0, 0.05) is 27.2 Å². The lowest BCUT2D eigenvalue weighted by Crippen LogP contribution is -2.32. The highest BCUT2D eigenvalue weighted by atomic mass is 35.5. The number of carbonyl (C=O) groups excluding carboxylic acids is 3. The fourth-order valence-corrected chi connectivity index (χ4v) is 4.97. The quantitative estimate of drug-likeness (QED) is 0.171. The number of imide groups is 1. The van der Waals surface area contributed by atoms with Gasteiger partial charge in [-0.05, 0) is 55.0 Å². The molecule has 3 aromatic carbocycles. The van der Waals surface area contributed by atoms with Crippen LogP contribution in [0.5, 0.6) is 0 Å². The summed E-state index contributed by atoms with van der Waals surface area (Å²) in [6, 6.07) is 17.3. The summed E-state index contributed by atoms with van der Waals surface area (Å²) in [5, 5.41) is 27.7. The molecule has 40 heavy (non-hydrogen) atoms. The summed E-state index contributed by atoms with van der Waals surface area (Å²) in [6.45, 7) is 1.80. The van der Waals surface area contributed by atoms with Gasteiger partial charge in [-0.2, -0.15) is 0 Å². The van der Waals surface area contributed by atoms with E-state index in [4.69, 9.17) is 28.4 Å². The minimum Gasteiger partial charge on any atom is -0.733 e. The Morgan fingerprint density at radius 1 is 1.05 bits per heavy atom. The highest BCUT2D eigenvalue weighted by Gasteiger charge is 2.39. The van der Waals surface area contributed by atoms with Crippen LogP contribution in [0.25, 0.3) is 11.3 Å². The number of carbonyl (C=O) groups is 3. The van der Waals surface area contributed by atoms with Gasteiger partial charge in [-0.25, -0.2) is 9.88 Å². The second kappa shape index (κ2) is 11.1. The third-order valence-corrected chi connectivity index (χ3v) is 7.44. The lowest BCUT2D eigenvalue weighted by atomic mass is 10.1. The molecule has 1 aliphatic heterocycles. The molecule has 0 aliphatic carbocycles. The average molecular weight is 595 g/mol. The molecule has 0 bridgehead atoms. The monoisotopic (exact) mass is 594 g/mol. The number of thiazole rings is 1. The Morgan fingerprint density at radius 3 is 2.58 bits per heavy atom. The number of halogens is 2. The molecule has 1 aliphatic rings. The van der Waals surface area contributed by atoms with E-state index in [1.54, 1.807) is 54.8 Å². The van der Waals surface area contributed by atoms with Crippen LogP contribution in [0.15, 0.2) is 82.8 Å². The minimum atomic E-state index is -0.699. The zero-order chi connectivity index (χ0) is 28.6. The van der Waals surface area contributed by atoms with Crippen LogP contribution in [-0.2, 0) is 9.59 Å². The fraction of sp³-hybridized carbons (Fsp3) is 0.0370. The van der Waals surface area contributed by atoms with E-state index in [0.717, 1.165) is 10.5 Å². The molecule has 10 nitrogen and oxygen atoms in total. The molecular weight excluding hydrogens is 577 g/mol. The Morgan fingerprint density at radius 2 is 1.82 bits per heavy atom. The number of hydrogen-bond acceptors (Lipinski definition) is 9. The molecule has 202 valence electrons.